The normalized spacial score (nSPS) is 12.3. The van der Waals surface area contributed by atoms with E-state index >= 15 is 0 Å². The number of hydrogen-bond donors (Lipinski definition) is 1. The van der Waals surface area contributed by atoms with Gasteiger partial charge in [-0.25, -0.2) is 0 Å². The summed E-state index contributed by atoms with van der Waals surface area (Å²) in [5.74, 6) is 0.00565. The van der Waals surface area contributed by atoms with Crippen LogP contribution in [-0.2, 0) is 9.59 Å². The molecule has 11 heavy (non-hydrogen) atoms. The number of carbonyl (C=O) groups is 2. The summed E-state index contributed by atoms with van der Waals surface area (Å²) in [7, 11) is 0. The smallest absolute Gasteiger partial charge is 0.220 e. The van der Waals surface area contributed by atoms with E-state index in [4.69, 9.17) is 0 Å². The molecule has 3 heteroatoms. The first-order chi connectivity index (χ1) is 5.11. The van der Waals surface area contributed by atoms with Crippen molar-refractivity contribution in [3.05, 3.63) is 0 Å². The van der Waals surface area contributed by atoms with Gasteiger partial charge in [0, 0.05) is 12.8 Å². The molecule has 0 aliphatic rings. The summed E-state index contributed by atoms with van der Waals surface area (Å²) in [5.41, 5.74) is 0. The molecule has 64 valence electrons. The van der Waals surface area contributed by atoms with Gasteiger partial charge in [-0.05, 0) is 6.92 Å². The molecule has 0 rings (SSSR count). The molecule has 0 heterocycles. The van der Waals surface area contributed by atoms with E-state index in [-0.39, 0.29) is 17.7 Å². The highest BCUT2D eigenvalue weighted by Crippen LogP contribution is 1.90. The Hall–Kier alpha value is -0.860. The summed E-state index contributed by atoms with van der Waals surface area (Å²) < 4.78 is 0. The van der Waals surface area contributed by atoms with Crippen LogP contribution < -0.4 is 5.32 Å². The summed E-state index contributed by atoms with van der Waals surface area (Å²) in [6, 6.07) is -0.326. The third kappa shape index (κ3) is 3.75. The minimum atomic E-state index is -0.326. The molecule has 1 unspecified atom stereocenters. The highest BCUT2D eigenvalue weighted by Gasteiger charge is 2.11. The first-order valence-electron chi connectivity index (χ1n) is 3.93. The standard InChI is InChI=1S/C8H15NO2/c1-4-7(10)6(3)9-8(11)5-2/h6H,4-5H2,1-3H3,(H,9,11). The van der Waals surface area contributed by atoms with Gasteiger partial charge in [-0.15, -0.1) is 0 Å². The molecule has 0 spiro atoms. The van der Waals surface area contributed by atoms with Crippen molar-refractivity contribution in [3.8, 4) is 0 Å². The van der Waals surface area contributed by atoms with Crippen molar-refractivity contribution >= 4 is 11.7 Å². The summed E-state index contributed by atoms with van der Waals surface area (Å²) >= 11 is 0. The van der Waals surface area contributed by atoms with E-state index in [0.29, 0.717) is 12.8 Å². The SMILES string of the molecule is CCC(=O)NC(C)C(=O)CC. The highest BCUT2D eigenvalue weighted by atomic mass is 16.2. The Bertz CT molecular complexity index is 154. The van der Waals surface area contributed by atoms with Gasteiger partial charge in [-0.3, -0.25) is 9.59 Å². The molecule has 1 N–H and O–H groups in total. The Kier molecular flexibility index (Phi) is 4.50. The first kappa shape index (κ1) is 10.1. The van der Waals surface area contributed by atoms with E-state index in [2.05, 4.69) is 5.32 Å². The zero-order valence-electron chi connectivity index (χ0n) is 7.31. The average molecular weight is 157 g/mol. The van der Waals surface area contributed by atoms with Crippen LogP contribution in [-0.4, -0.2) is 17.7 Å². The molecule has 0 aliphatic carbocycles. The van der Waals surface area contributed by atoms with Crippen molar-refractivity contribution < 1.29 is 9.59 Å². The molecule has 1 atom stereocenters. The second kappa shape index (κ2) is 4.88. The molecular formula is C8H15NO2. The van der Waals surface area contributed by atoms with Gasteiger partial charge < -0.3 is 5.32 Å². The van der Waals surface area contributed by atoms with Crippen LogP contribution in [0.15, 0.2) is 0 Å². The molecule has 0 radical (unpaired) electrons. The molecule has 0 aliphatic heterocycles. The van der Waals surface area contributed by atoms with Crippen LogP contribution in [0.2, 0.25) is 0 Å². The van der Waals surface area contributed by atoms with E-state index in [1.54, 1.807) is 20.8 Å². The van der Waals surface area contributed by atoms with E-state index < -0.39 is 0 Å². The van der Waals surface area contributed by atoms with E-state index in [1.165, 1.54) is 0 Å². The van der Waals surface area contributed by atoms with Gasteiger partial charge in [0.2, 0.25) is 5.91 Å². The van der Waals surface area contributed by atoms with Gasteiger partial charge in [0.15, 0.2) is 5.78 Å². The number of nitrogens with one attached hydrogen (secondary N) is 1. The fourth-order valence-electron chi connectivity index (χ4n) is 0.730. The second-order valence-corrected chi connectivity index (χ2v) is 2.46. The first-order valence-corrected chi connectivity index (χ1v) is 3.93. The largest absolute Gasteiger partial charge is 0.347 e. The molecule has 0 bridgehead atoms. The molecule has 0 saturated carbocycles. The van der Waals surface area contributed by atoms with Gasteiger partial charge in [0.05, 0.1) is 6.04 Å². The van der Waals surface area contributed by atoms with Crippen molar-refractivity contribution in [2.75, 3.05) is 0 Å². The summed E-state index contributed by atoms with van der Waals surface area (Å²) in [5, 5.41) is 2.59. The third-order valence-electron chi connectivity index (χ3n) is 1.53. The van der Waals surface area contributed by atoms with Crippen molar-refractivity contribution in [3.63, 3.8) is 0 Å². The monoisotopic (exact) mass is 157 g/mol. The molecule has 0 saturated heterocycles. The van der Waals surface area contributed by atoms with Gasteiger partial charge in [0.25, 0.3) is 0 Å². The maximum atomic E-state index is 10.9. The zero-order chi connectivity index (χ0) is 8.85. The predicted octanol–water partition coefficient (Wildman–Crippen LogP) is 0.880. The van der Waals surface area contributed by atoms with Crippen LogP contribution in [0.1, 0.15) is 33.6 Å². The lowest BCUT2D eigenvalue weighted by molar-refractivity contribution is -0.127. The lowest BCUT2D eigenvalue weighted by Gasteiger charge is -2.09. The molecule has 0 aromatic heterocycles. The van der Waals surface area contributed by atoms with Gasteiger partial charge in [0.1, 0.15) is 0 Å². The summed E-state index contributed by atoms with van der Waals surface area (Å²) in [6.45, 7) is 5.26. The van der Waals surface area contributed by atoms with E-state index in [0.717, 1.165) is 0 Å². The second-order valence-electron chi connectivity index (χ2n) is 2.46. The van der Waals surface area contributed by atoms with Gasteiger partial charge in [-0.2, -0.15) is 0 Å². The van der Waals surface area contributed by atoms with Gasteiger partial charge in [-0.1, -0.05) is 13.8 Å². The number of hydrogen-bond acceptors (Lipinski definition) is 2. The molecule has 0 aromatic rings. The number of rotatable bonds is 4. The fourth-order valence-corrected chi connectivity index (χ4v) is 0.730. The van der Waals surface area contributed by atoms with Crippen molar-refractivity contribution in [2.45, 2.75) is 39.7 Å². The maximum Gasteiger partial charge on any atom is 0.220 e. The predicted molar refractivity (Wildman–Crippen MR) is 43.2 cm³/mol. The molecule has 3 nitrogen and oxygen atoms in total. The number of ketones is 1. The number of carbonyl (C=O) groups excluding carboxylic acids is 2. The number of Topliss-reactive ketones (excluding diaryl/α,β-unsaturated/α-hetero) is 1. The molecule has 1 amide bonds. The van der Waals surface area contributed by atoms with Crippen LogP contribution in [0.3, 0.4) is 0 Å². The Morgan fingerprint density at radius 2 is 1.82 bits per heavy atom. The van der Waals surface area contributed by atoms with Crippen LogP contribution >= 0.6 is 0 Å². The quantitative estimate of drug-likeness (QED) is 0.658. The highest BCUT2D eigenvalue weighted by molar-refractivity contribution is 5.88. The van der Waals surface area contributed by atoms with E-state index in [1.807, 2.05) is 0 Å². The Morgan fingerprint density at radius 3 is 2.18 bits per heavy atom. The summed E-state index contributed by atoms with van der Waals surface area (Å²) in [4.78, 5) is 21.7. The van der Waals surface area contributed by atoms with Crippen LogP contribution in [0.5, 0.6) is 0 Å². The fraction of sp³-hybridized carbons (Fsp3) is 0.750. The average Bonchev–Trinajstić information content (AvgIpc) is 2.02. The van der Waals surface area contributed by atoms with E-state index in [9.17, 15) is 9.59 Å². The summed E-state index contributed by atoms with van der Waals surface area (Å²) in [6.07, 6.45) is 0.909. The lowest BCUT2D eigenvalue weighted by atomic mass is 10.1. The topological polar surface area (TPSA) is 46.2 Å². The van der Waals surface area contributed by atoms with Crippen molar-refractivity contribution in [1.29, 1.82) is 0 Å². The lowest BCUT2D eigenvalue weighted by Crippen LogP contribution is -2.37. The number of amides is 1. The van der Waals surface area contributed by atoms with Crippen LogP contribution in [0, 0.1) is 0 Å². The Balaban J connectivity index is 3.77. The molecular weight excluding hydrogens is 142 g/mol. The minimum Gasteiger partial charge on any atom is -0.347 e. The van der Waals surface area contributed by atoms with Gasteiger partial charge >= 0.3 is 0 Å². The Labute approximate surface area is 67.2 Å². The van der Waals surface area contributed by atoms with Crippen LogP contribution in [0.25, 0.3) is 0 Å². The zero-order valence-corrected chi connectivity index (χ0v) is 7.31. The molecule has 0 aromatic carbocycles. The van der Waals surface area contributed by atoms with Crippen molar-refractivity contribution in [1.82, 2.24) is 5.32 Å². The van der Waals surface area contributed by atoms with Crippen molar-refractivity contribution in [2.24, 2.45) is 0 Å². The third-order valence-corrected chi connectivity index (χ3v) is 1.53. The maximum absolute atomic E-state index is 10.9. The Morgan fingerprint density at radius 1 is 1.27 bits per heavy atom. The molecule has 0 fully saturated rings. The van der Waals surface area contributed by atoms with Crippen LogP contribution in [0.4, 0.5) is 0 Å². The minimum absolute atomic E-state index is 0.0701.